The second kappa shape index (κ2) is 4.42. The third kappa shape index (κ3) is 1.71. The highest BCUT2D eigenvalue weighted by molar-refractivity contribution is 5.87. The van der Waals surface area contributed by atoms with E-state index in [-0.39, 0.29) is 0 Å². The fraction of sp³-hybridized carbons (Fsp3) is 0.389. The van der Waals surface area contributed by atoms with Gasteiger partial charge in [-0.05, 0) is 56.0 Å². The SMILES string of the molecule is Cc1c(C2=CC3CCC(C2)N3C)ccc2cccnc12. The average Bonchev–Trinajstić information content (AvgIpc) is 2.70. The van der Waals surface area contributed by atoms with Gasteiger partial charge >= 0.3 is 0 Å². The zero-order chi connectivity index (χ0) is 13.7. The van der Waals surface area contributed by atoms with E-state index in [2.05, 4.69) is 48.1 Å². The summed E-state index contributed by atoms with van der Waals surface area (Å²) in [6.07, 6.45) is 8.22. The third-order valence-corrected chi connectivity index (χ3v) is 5.12. The van der Waals surface area contributed by atoms with E-state index in [0.29, 0.717) is 6.04 Å². The van der Waals surface area contributed by atoms with Gasteiger partial charge in [0.1, 0.15) is 0 Å². The van der Waals surface area contributed by atoms with Crippen molar-refractivity contribution in [1.29, 1.82) is 0 Å². The Kier molecular flexibility index (Phi) is 2.67. The van der Waals surface area contributed by atoms with Crippen LogP contribution in [0.5, 0.6) is 0 Å². The monoisotopic (exact) mass is 264 g/mol. The Balaban J connectivity index is 1.83. The van der Waals surface area contributed by atoms with Crippen LogP contribution in [0.3, 0.4) is 0 Å². The Morgan fingerprint density at radius 3 is 2.95 bits per heavy atom. The lowest BCUT2D eigenvalue weighted by Gasteiger charge is -2.31. The van der Waals surface area contributed by atoms with Crippen molar-refractivity contribution < 1.29 is 0 Å². The Morgan fingerprint density at radius 1 is 1.20 bits per heavy atom. The maximum absolute atomic E-state index is 4.57. The number of hydrogen-bond acceptors (Lipinski definition) is 2. The quantitative estimate of drug-likeness (QED) is 0.779. The number of fused-ring (bicyclic) bond motifs is 3. The first-order chi connectivity index (χ1) is 9.74. The standard InChI is InChI=1S/C18H20N2/c1-12-17(8-5-13-4-3-9-19-18(12)13)14-10-15-6-7-16(11-14)20(15)2/h3-5,8-10,15-16H,6-7,11H2,1-2H3. The van der Waals surface area contributed by atoms with Crippen LogP contribution in [0.1, 0.15) is 30.4 Å². The van der Waals surface area contributed by atoms with Crippen molar-refractivity contribution in [3.63, 3.8) is 0 Å². The van der Waals surface area contributed by atoms with E-state index in [1.54, 1.807) is 0 Å². The minimum absolute atomic E-state index is 0.641. The summed E-state index contributed by atoms with van der Waals surface area (Å²) in [5.74, 6) is 0. The molecule has 2 aliphatic rings. The highest BCUT2D eigenvalue weighted by Gasteiger charge is 2.34. The Morgan fingerprint density at radius 2 is 2.10 bits per heavy atom. The predicted octanol–water partition coefficient (Wildman–Crippen LogP) is 3.79. The van der Waals surface area contributed by atoms with E-state index < -0.39 is 0 Å². The molecule has 2 nitrogen and oxygen atoms in total. The van der Waals surface area contributed by atoms with Crippen LogP contribution >= 0.6 is 0 Å². The molecule has 0 radical (unpaired) electrons. The highest BCUT2D eigenvalue weighted by Crippen LogP contribution is 2.39. The average molecular weight is 264 g/mol. The first-order valence-corrected chi connectivity index (χ1v) is 7.51. The van der Waals surface area contributed by atoms with Crippen LogP contribution in [-0.4, -0.2) is 29.0 Å². The van der Waals surface area contributed by atoms with Crippen molar-refractivity contribution in [1.82, 2.24) is 9.88 Å². The molecule has 2 heteroatoms. The van der Waals surface area contributed by atoms with Crippen LogP contribution in [0.2, 0.25) is 0 Å². The van der Waals surface area contributed by atoms with E-state index in [4.69, 9.17) is 0 Å². The summed E-state index contributed by atoms with van der Waals surface area (Å²) in [4.78, 5) is 7.11. The lowest BCUT2D eigenvalue weighted by atomic mass is 9.91. The zero-order valence-corrected chi connectivity index (χ0v) is 12.1. The van der Waals surface area contributed by atoms with Crippen LogP contribution in [0.15, 0.2) is 36.5 Å². The predicted molar refractivity (Wildman–Crippen MR) is 83.6 cm³/mol. The molecule has 1 saturated heterocycles. The van der Waals surface area contributed by atoms with Crippen molar-refractivity contribution in [3.8, 4) is 0 Å². The summed E-state index contributed by atoms with van der Waals surface area (Å²) in [6, 6.07) is 10.0. The number of benzene rings is 1. The fourth-order valence-corrected chi connectivity index (χ4v) is 3.88. The summed E-state index contributed by atoms with van der Waals surface area (Å²) < 4.78 is 0. The molecule has 2 atom stereocenters. The minimum Gasteiger partial charge on any atom is -0.297 e. The minimum atomic E-state index is 0.641. The number of aryl methyl sites for hydroxylation is 1. The van der Waals surface area contributed by atoms with Crippen LogP contribution < -0.4 is 0 Å². The molecule has 2 aliphatic heterocycles. The molecule has 1 aromatic heterocycles. The molecule has 2 aromatic rings. The molecule has 0 N–H and O–H groups in total. The van der Waals surface area contributed by atoms with Gasteiger partial charge in [0, 0.05) is 23.7 Å². The van der Waals surface area contributed by atoms with Gasteiger partial charge in [0.15, 0.2) is 0 Å². The Labute approximate surface area is 120 Å². The van der Waals surface area contributed by atoms with Gasteiger partial charge in [-0.2, -0.15) is 0 Å². The summed E-state index contributed by atoms with van der Waals surface area (Å²) in [6.45, 7) is 2.21. The Bertz CT molecular complexity index is 702. The van der Waals surface area contributed by atoms with Crippen molar-refractivity contribution in [2.75, 3.05) is 7.05 Å². The molecule has 102 valence electrons. The van der Waals surface area contributed by atoms with Gasteiger partial charge in [-0.25, -0.2) is 0 Å². The normalized spacial score (nSPS) is 26.0. The first kappa shape index (κ1) is 12.1. The molecule has 0 saturated carbocycles. The molecule has 2 unspecified atom stereocenters. The third-order valence-electron chi connectivity index (χ3n) is 5.12. The number of likely N-dealkylation sites (N-methyl/N-ethyl adjacent to an activating group) is 1. The molecule has 0 amide bonds. The van der Waals surface area contributed by atoms with Gasteiger partial charge in [-0.15, -0.1) is 0 Å². The molecule has 0 spiro atoms. The van der Waals surface area contributed by atoms with Gasteiger partial charge in [0.25, 0.3) is 0 Å². The van der Waals surface area contributed by atoms with Crippen LogP contribution in [0.4, 0.5) is 0 Å². The number of aromatic nitrogens is 1. The zero-order valence-electron chi connectivity index (χ0n) is 12.1. The maximum Gasteiger partial charge on any atom is 0.0737 e. The number of rotatable bonds is 1. The highest BCUT2D eigenvalue weighted by atomic mass is 15.2. The molecular formula is C18H20N2. The summed E-state index contributed by atoms with van der Waals surface area (Å²) in [5, 5.41) is 1.24. The van der Waals surface area contributed by atoms with Gasteiger partial charge in [0.05, 0.1) is 5.52 Å². The largest absolute Gasteiger partial charge is 0.297 e. The molecule has 3 heterocycles. The lowest BCUT2D eigenvalue weighted by Crippen LogP contribution is -2.34. The molecule has 2 bridgehead atoms. The summed E-state index contributed by atoms with van der Waals surface area (Å²) in [7, 11) is 2.27. The Hall–Kier alpha value is -1.67. The number of nitrogens with zero attached hydrogens (tertiary/aromatic N) is 2. The molecule has 0 aliphatic carbocycles. The van der Waals surface area contributed by atoms with Crippen molar-refractivity contribution in [3.05, 3.63) is 47.7 Å². The first-order valence-electron chi connectivity index (χ1n) is 7.51. The van der Waals surface area contributed by atoms with Gasteiger partial charge < -0.3 is 0 Å². The molecule has 4 rings (SSSR count). The summed E-state index contributed by atoms with van der Waals surface area (Å²) in [5.41, 5.74) is 5.41. The molecular weight excluding hydrogens is 244 g/mol. The van der Waals surface area contributed by atoms with E-state index in [1.807, 2.05) is 12.3 Å². The van der Waals surface area contributed by atoms with Gasteiger partial charge in [-0.3, -0.25) is 9.88 Å². The van der Waals surface area contributed by atoms with E-state index in [0.717, 1.165) is 11.6 Å². The molecule has 1 aromatic carbocycles. The van der Waals surface area contributed by atoms with Crippen molar-refractivity contribution in [2.24, 2.45) is 0 Å². The van der Waals surface area contributed by atoms with E-state index in [1.165, 1.54) is 41.3 Å². The van der Waals surface area contributed by atoms with Crippen molar-refractivity contribution in [2.45, 2.75) is 38.3 Å². The van der Waals surface area contributed by atoms with Crippen molar-refractivity contribution >= 4 is 16.5 Å². The van der Waals surface area contributed by atoms with Crippen LogP contribution in [0, 0.1) is 6.92 Å². The second-order valence-electron chi connectivity index (χ2n) is 6.17. The topological polar surface area (TPSA) is 16.1 Å². The fourth-order valence-electron chi connectivity index (χ4n) is 3.88. The van der Waals surface area contributed by atoms with E-state index in [9.17, 15) is 0 Å². The van der Waals surface area contributed by atoms with Gasteiger partial charge in [0.2, 0.25) is 0 Å². The van der Waals surface area contributed by atoms with Gasteiger partial charge in [-0.1, -0.05) is 24.3 Å². The molecule has 20 heavy (non-hydrogen) atoms. The number of hydrogen-bond donors (Lipinski definition) is 0. The smallest absolute Gasteiger partial charge is 0.0737 e. The maximum atomic E-state index is 4.57. The molecule has 1 fully saturated rings. The van der Waals surface area contributed by atoms with Crippen LogP contribution in [0.25, 0.3) is 16.5 Å². The lowest BCUT2D eigenvalue weighted by molar-refractivity contribution is 0.264. The van der Waals surface area contributed by atoms with E-state index >= 15 is 0 Å². The number of pyridine rings is 1. The van der Waals surface area contributed by atoms with Crippen LogP contribution in [-0.2, 0) is 0 Å². The summed E-state index contributed by atoms with van der Waals surface area (Å²) >= 11 is 0. The second-order valence-corrected chi connectivity index (χ2v) is 6.17.